The lowest BCUT2D eigenvalue weighted by Gasteiger charge is -1.90. The number of halogens is 6. The molecule has 0 aliphatic heterocycles. The van der Waals surface area contributed by atoms with Gasteiger partial charge in [0.15, 0.2) is 0 Å². The maximum atomic E-state index is 2.12. The molecule has 1 aromatic carbocycles. The Morgan fingerprint density at radius 3 is 0.786 bits per heavy atom. The number of benzene rings is 1. The maximum absolute atomic E-state index is 2.12. The van der Waals surface area contributed by atoms with Crippen LogP contribution in [0, 0.1) is 13.8 Å². The highest BCUT2D eigenvalue weighted by Gasteiger charge is 1.79. The van der Waals surface area contributed by atoms with Gasteiger partial charge in [0.1, 0.15) is 0 Å². The summed E-state index contributed by atoms with van der Waals surface area (Å²) in [5.41, 5.74) is 2.66. The highest BCUT2D eigenvalue weighted by Crippen LogP contribution is 1.99. The molecule has 90 valence electrons. The number of aryl methyl sites for hydroxylation is 2. The van der Waals surface area contributed by atoms with Crippen LogP contribution < -0.4 is 0 Å². The summed E-state index contributed by atoms with van der Waals surface area (Å²) in [7, 11) is 0. The first-order valence-corrected chi connectivity index (χ1v) is 2.82. The van der Waals surface area contributed by atoms with E-state index in [1.807, 2.05) is 0 Å². The van der Waals surface area contributed by atoms with Crippen molar-refractivity contribution in [3.63, 3.8) is 0 Å². The Morgan fingerprint density at radius 2 is 0.643 bits per heavy atom. The van der Waals surface area contributed by atoms with Crippen molar-refractivity contribution in [1.29, 1.82) is 0 Å². The zero-order valence-corrected chi connectivity index (χ0v) is 12.7. The zero-order valence-electron chi connectivity index (χ0n) is 7.76. The lowest BCUT2D eigenvalue weighted by molar-refractivity contribution is 1.40. The van der Waals surface area contributed by atoms with Crippen LogP contribution in [0.25, 0.3) is 0 Å². The van der Waals surface area contributed by atoms with Crippen LogP contribution >= 0.6 is 74.4 Å². The molecular formula is C8H16Cl6. The molecule has 1 rings (SSSR count). The molecular weight excluding hydrogens is 309 g/mol. The molecule has 1 aromatic rings. The van der Waals surface area contributed by atoms with Crippen molar-refractivity contribution < 1.29 is 0 Å². The Labute approximate surface area is 123 Å². The minimum atomic E-state index is 0. The van der Waals surface area contributed by atoms with Gasteiger partial charge in [-0.05, 0) is 13.8 Å². The van der Waals surface area contributed by atoms with Gasteiger partial charge in [0, 0.05) is 0 Å². The standard InChI is InChI=1S/C8H10.6ClH/c1-7-3-5-8(2)6-4-7;;;;;;/h3-6H,1-2H3;6*1H. The molecule has 0 nitrogen and oxygen atoms in total. The number of hydrogen-bond donors (Lipinski definition) is 0. The van der Waals surface area contributed by atoms with Crippen molar-refractivity contribution in [3.8, 4) is 0 Å². The number of rotatable bonds is 0. The quantitative estimate of drug-likeness (QED) is 0.641. The van der Waals surface area contributed by atoms with Crippen LogP contribution in [-0.2, 0) is 0 Å². The smallest absolute Gasteiger partial charge is 0.0398 e. The molecule has 0 amide bonds. The molecule has 0 aliphatic carbocycles. The van der Waals surface area contributed by atoms with Crippen molar-refractivity contribution >= 4 is 74.4 Å². The third-order valence-corrected chi connectivity index (χ3v) is 1.22. The lowest BCUT2D eigenvalue weighted by Crippen LogP contribution is -1.70. The summed E-state index contributed by atoms with van der Waals surface area (Å²) in [5.74, 6) is 0. The summed E-state index contributed by atoms with van der Waals surface area (Å²) in [5, 5.41) is 0. The first-order valence-electron chi connectivity index (χ1n) is 2.82. The predicted octanol–water partition coefficient (Wildman–Crippen LogP) is 4.83. The van der Waals surface area contributed by atoms with Gasteiger partial charge in [-0.1, -0.05) is 35.4 Å². The minimum Gasteiger partial charge on any atom is -0.147 e. The lowest BCUT2D eigenvalue weighted by atomic mass is 10.2. The van der Waals surface area contributed by atoms with Gasteiger partial charge in [-0.15, -0.1) is 74.4 Å². The van der Waals surface area contributed by atoms with E-state index in [1.54, 1.807) is 0 Å². The van der Waals surface area contributed by atoms with E-state index in [4.69, 9.17) is 0 Å². The van der Waals surface area contributed by atoms with Crippen LogP contribution in [0.2, 0.25) is 0 Å². The fourth-order valence-corrected chi connectivity index (χ4v) is 0.637. The molecule has 0 aliphatic rings. The second-order valence-corrected chi connectivity index (χ2v) is 2.15. The molecule has 0 unspecified atom stereocenters. The summed E-state index contributed by atoms with van der Waals surface area (Å²) < 4.78 is 0. The molecule has 0 aromatic heterocycles. The fraction of sp³-hybridized carbons (Fsp3) is 0.250. The average molecular weight is 325 g/mol. The first kappa shape index (κ1) is 36.3. The average Bonchev–Trinajstić information content (AvgIpc) is 1.77. The Balaban J connectivity index is -0.0000000267. The molecule has 0 atom stereocenters. The molecule has 0 N–H and O–H groups in total. The molecule has 0 spiro atoms. The molecule has 6 heteroatoms. The molecule has 0 saturated carbocycles. The van der Waals surface area contributed by atoms with Crippen LogP contribution in [-0.4, -0.2) is 0 Å². The van der Waals surface area contributed by atoms with Crippen molar-refractivity contribution in [2.75, 3.05) is 0 Å². The van der Waals surface area contributed by atoms with Crippen molar-refractivity contribution in [3.05, 3.63) is 35.4 Å². The van der Waals surface area contributed by atoms with Gasteiger partial charge in [-0.25, -0.2) is 0 Å². The fourth-order valence-electron chi connectivity index (χ4n) is 0.637. The summed E-state index contributed by atoms with van der Waals surface area (Å²) in [6.07, 6.45) is 0. The molecule has 0 saturated heterocycles. The summed E-state index contributed by atoms with van der Waals surface area (Å²) in [4.78, 5) is 0. The Hall–Kier alpha value is 0.960. The molecule has 14 heavy (non-hydrogen) atoms. The normalized spacial score (nSPS) is 5.29. The third kappa shape index (κ3) is 15.4. The van der Waals surface area contributed by atoms with E-state index in [0.29, 0.717) is 0 Å². The van der Waals surface area contributed by atoms with Gasteiger partial charge in [-0.3, -0.25) is 0 Å². The van der Waals surface area contributed by atoms with E-state index < -0.39 is 0 Å². The Kier molecular flexibility index (Phi) is 50.6. The largest absolute Gasteiger partial charge is 0.147 e. The predicted molar refractivity (Wildman–Crippen MR) is 79.4 cm³/mol. The summed E-state index contributed by atoms with van der Waals surface area (Å²) in [6.45, 7) is 4.19. The molecule has 0 heterocycles. The summed E-state index contributed by atoms with van der Waals surface area (Å²) >= 11 is 0. The van der Waals surface area contributed by atoms with E-state index >= 15 is 0 Å². The van der Waals surface area contributed by atoms with Crippen LogP contribution in [0.15, 0.2) is 24.3 Å². The van der Waals surface area contributed by atoms with Gasteiger partial charge >= 0.3 is 0 Å². The second-order valence-electron chi connectivity index (χ2n) is 2.15. The van der Waals surface area contributed by atoms with Gasteiger partial charge < -0.3 is 0 Å². The van der Waals surface area contributed by atoms with E-state index in [1.165, 1.54) is 11.1 Å². The molecule has 0 radical (unpaired) electrons. The van der Waals surface area contributed by atoms with Gasteiger partial charge in [0.25, 0.3) is 0 Å². The highest BCUT2D eigenvalue weighted by atomic mass is 35.5. The van der Waals surface area contributed by atoms with Gasteiger partial charge in [-0.2, -0.15) is 0 Å². The van der Waals surface area contributed by atoms with Crippen molar-refractivity contribution in [1.82, 2.24) is 0 Å². The van der Waals surface area contributed by atoms with Gasteiger partial charge in [0.2, 0.25) is 0 Å². The molecule has 0 bridgehead atoms. The Morgan fingerprint density at radius 1 is 0.500 bits per heavy atom. The topological polar surface area (TPSA) is 0 Å². The third-order valence-electron chi connectivity index (χ3n) is 1.22. The van der Waals surface area contributed by atoms with Gasteiger partial charge in [0.05, 0.1) is 0 Å². The monoisotopic (exact) mass is 322 g/mol. The highest BCUT2D eigenvalue weighted by molar-refractivity contribution is 5.86. The molecule has 0 fully saturated rings. The minimum absolute atomic E-state index is 0. The Bertz CT molecular complexity index is 153. The van der Waals surface area contributed by atoms with Crippen molar-refractivity contribution in [2.45, 2.75) is 13.8 Å². The van der Waals surface area contributed by atoms with Crippen LogP contribution in [0.4, 0.5) is 0 Å². The maximum Gasteiger partial charge on any atom is -0.0398 e. The van der Waals surface area contributed by atoms with Crippen LogP contribution in [0.3, 0.4) is 0 Å². The van der Waals surface area contributed by atoms with Crippen LogP contribution in [0.1, 0.15) is 11.1 Å². The van der Waals surface area contributed by atoms with E-state index in [9.17, 15) is 0 Å². The zero-order chi connectivity index (χ0) is 5.98. The van der Waals surface area contributed by atoms with E-state index in [0.717, 1.165) is 0 Å². The summed E-state index contributed by atoms with van der Waals surface area (Å²) in [6, 6.07) is 8.48. The first-order chi connectivity index (χ1) is 3.79. The van der Waals surface area contributed by atoms with E-state index in [2.05, 4.69) is 38.1 Å². The second kappa shape index (κ2) is 19.5. The van der Waals surface area contributed by atoms with Crippen molar-refractivity contribution in [2.24, 2.45) is 0 Å². The number of hydrogen-bond acceptors (Lipinski definition) is 0. The SMILES string of the molecule is Cc1ccc(C)cc1.Cl.Cl.Cl.Cl.Cl.Cl. The van der Waals surface area contributed by atoms with E-state index in [-0.39, 0.29) is 74.4 Å². The van der Waals surface area contributed by atoms with Crippen LogP contribution in [0.5, 0.6) is 0 Å².